The SMILES string of the molecule is CCCCC(S)c1ccc2cccccc1-2. The lowest BCUT2D eigenvalue weighted by Gasteiger charge is -2.10. The fourth-order valence-corrected chi connectivity index (χ4v) is 2.49. The van der Waals surface area contributed by atoms with Crippen LogP contribution in [0.25, 0.3) is 11.1 Å². The lowest BCUT2D eigenvalue weighted by atomic mass is 10.0. The van der Waals surface area contributed by atoms with Crippen molar-refractivity contribution in [2.45, 2.75) is 31.4 Å². The maximum atomic E-state index is 4.72. The number of rotatable bonds is 4. The van der Waals surface area contributed by atoms with E-state index in [0.29, 0.717) is 5.25 Å². The Morgan fingerprint density at radius 3 is 2.69 bits per heavy atom. The first kappa shape index (κ1) is 11.5. The van der Waals surface area contributed by atoms with Crippen LogP contribution in [0.15, 0.2) is 42.5 Å². The summed E-state index contributed by atoms with van der Waals surface area (Å²) in [5, 5.41) is 0.375. The van der Waals surface area contributed by atoms with E-state index >= 15 is 0 Å². The molecule has 2 rings (SSSR count). The van der Waals surface area contributed by atoms with Gasteiger partial charge in [0.25, 0.3) is 0 Å². The van der Waals surface area contributed by atoms with E-state index in [4.69, 9.17) is 12.6 Å². The average Bonchev–Trinajstić information content (AvgIpc) is 2.55. The van der Waals surface area contributed by atoms with E-state index in [-0.39, 0.29) is 0 Å². The topological polar surface area (TPSA) is 0 Å². The van der Waals surface area contributed by atoms with Gasteiger partial charge >= 0.3 is 0 Å². The molecule has 0 nitrogen and oxygen atoms in total. The van der Waals surface area contributed by atoms with Crippen molar-refractivity contribution in [3.63, 3.8) is 0 Å². The van der Waals surface area contributed by atoms with E-state index in [1.807, 2.05) is 0 Å². The van der Waals surface area contributed by atoms with Gasteiger partial charge in [-0.25, -0.2) is 0 Å². The van der Waals surface area contributed by atoms with Crippen LogP contribution in [0.4, 0.5) is 0 Å². The molecule has 0 heterocycles. The summed E-state index contributed by atoms with van der Waals surface area (Å²) in [5.41, 5.74) is 4.04. The van der Waals surface area contributed by atoms with Gasteiger partial charge in [-0.3, -0.25) is 0 Å². The summed E-state index contributed by atoms with van der Waals surface area (Å²) >= 11 is 4.72. The van der Waals surface area contributed by atoms with E-state index in [1.54, 1.807) is 0 Å². The molecule has 0 aromatic heterocycles. The minimum atomic E-state index is 0.375. The summed E-state index contributed by atoms with van der Waals surface area (Å²) in [6.07, 6.45) is 3.65. The van der Waals surface area contributed by atoms with E-state index in [1.165, 1.54) is 29.5 Å². The molecule has 0 radical (unpaired) electrons. The first-order chi connectivity index (χ1) is 7.83. The van der Waals surface area contributed by atoms with Crippen LogP contribution in [0, 0.1) is 0 Å². The molecule has 0 spiro atoms. The molecule has 84 valence electrons. The number of unbranched alkanes of at least 4 members (excludes halogenated alkanes) is 1. The molecule has 1 atom stereocenters. The summed E-state index contributed by atoms with van der Waals surface area (Å²) in [6.45, 7) is 2.23. The van der Waals surface area contributed by atoms with Crippen molar-refractivity contribution >= 4 is 12.6 Å². The fraction of sp³-hybridized carbons (Fsp3) is 0.333. The standard InChI is InChI=1S/C15H18S/c1-2-3-9-15(16)14-11-10-12-7-5-4-6-8-13(12)14/h4-8,10-11,15-16H,2-3,9H2,1H3. The van der Waals surface area contributed by atoms with Gasteiger partial charge in [-0.15, -0.1) is 0 Å². The lowest BCUT2D eigenvalue weighted by Crippen LogP contribution is -1.89. The van der Waals surface area contributed by atoms with Crippen LogP contribution in [0.2, 0.25) is 0 Å². The van der Waals surface area contributed by atoms with Crippen molar-refractivity contribution < 1.29 is 0 Å². The molecule has 0 bridgehead atoms. The normalized spacial score (nSPS) is 12.9. The van der Waals surface area contributed by atoms with Gasteiger partial charge in [-0.1, -0.05) is 62.2 Å². The van der Waals surface area contributed by atoms with Crippen LogP contribution in [0.5, 0.6) is 0 Å². The van der Waals surface area contributed by atoms with Crippen LogP contribution >= 0.6 is 12.6 Å². The van der Waals surface area contributed by atoms with E-state index in [2.05, 4.69) is 49.4 Å². The molecule has 0 aromatic rings. The van der Waals surface area contributed by atoms with Crippen molar-refractivity contribution in [2.24, 2.45) is 0 Å². The van der Waals surface area contributed by atoms with E-state index < -0.39 is 0 Å². The quantitative estimate of drug-likeness (QED) is 0.706. The maximum Gasteiger partial charge on any atom is 0.0273 e. The molecular formula is C15H18S. The molecule has 0 aromatic carbocycles. The van der Waals surface area contributed by atoms with Gasteiger partial charge in [-0.05, 0) is 23.1 Å². The Morgan fingerprint density at radius 2 is 1.88 bits per heavy atom. The van der Waals surface area contributed by atoms with Gasteiger partial charge in [0, 0.05) is 5.25 Å². The zero-order chi connectivity index (χ0) is 11.4. The van der Waals surface area contributed by atoms with Crippen molar-refractivity contribution in [3.8, 4) is 11.1 Å². The molecule has 0 saturated carbocycles. The zero-order valence-electron chi connectivity index (χ0n) is 9.69. The molecule has 2 aliphatic rings. The zero-order valence-corrected chi connectivity index (χ0v) is 10.6. The third-order valence-corrected chi connectivity index (χ3v) is 3.55. The monoisotopic (exact) mass is 230 g/mol. The van der Waals surface area contributed by atoms with Crippen molar-refractivity contribution in [2.75, 3.05) is 0 Å². The molecule has 2 aliphatic carbocycles. The highest BCUT2D eigenvalue weighted by Crippen LogP contribution is 2.36. The Bertz CT molecular complexity index is 422. The Hall–Kier alpha value is -0.950. The first-order valence-electron chi connectivity index (χ1n) is 5.98. The molecular weight excluding hydrogens is 212 g/mol. The summed E-state index contributed by atoms with van der Waals surface area (Å²) in [4.78, 5) is 0. The van der Waals surface area contributed by atoms with Crippen LogP contribution in [0.3, 0.4) is 0 Å². The molecule has 16 heavy (non-hydrogen) atoms. The molecule has 0 N–H and O–H groups in total. The Kier molecular flexibility index (Phi) is 3.89. The molecule has 1 heteroatoms. The van der Waals surface area contributed by atoms with E-state index in [9.17, 15) is 0 Å². The second kappa shape index (κ2) is 5.40. The van der Waals surface area contributed by atoms with Crippen molar-refractivity contribution in [1.29, 1.82) is 0 Å². The summed E-state index contributed by atoms with van der Waals surface area (Å²) in [6, 6.07) is 15.0. The highest BCUT2D eigenvalue weighted by molar-refractivity contribution is 7.80. The minimum absolute atomic E-state index is 0.375. The smallest absolute Gasteiger partial charge is 0.0273 e. The highest BCUT2D eigenvalue weighted by atomic mass is 32.1. The number of thiol groups is 1. The maximum absolute atomic E-state index is 4.72. The van der Waals surface area contributed by atoms with Crippen LogP contribution in [0.1, 0.15) is 37.0 Å². The number of fused-ring (bicyclic) bond motifs is 1. The van der Waals surface area contributed by atoms with Gasteiger partial charge in [0.2, 0.25) is 0 Å². The third-order valence-electron chi connectivity index (χ3n) is 3.02. The van der Waals surface area contributed by atoms with Gasteiger partial charge in [-0.2, -0.15) is 12.6 Å². The number of hydrogen-bond acceptors (Lipinski definition) is 1. The van der Waals surface area contributed by atoms with Crippen molar-refractivity contribution in [1.82, 2.24) is 0 Å². The highest BCUT2D eigenvalue weighted by Gasteiger charge is 2.13. The number of hydrogen-bond donors (Lipinski definition) is 1. The lowest BCUT2D eigenvalue weighted by molar-refractivity contribution is 0.711. The van der Waals surface area contributed by atoms with Crippen molar-refractivity contribution in [3.05, 3.63) is 48.0 Å². The average molecular weight is 230 g/mol. The molecule has 0 amide bonds. The predicted molar refractivity (Wildman–Crippen MR) is 74.3 cm³/mol. The van der Waals surface area contributed by atoms with Crippen LogP contribution in [-0.4, -0.2) is 0 Å². The molecule has 0 saturated heterocycles. The van der Waals surface area contributed by atoms with Gasteiger partial charge < -0.3 is 0 Å². The van der Waals surface area contributed by atoms with E-state index in [0.717, 1.165) is 6.42 Å². The van der Waals surface area contributed by atoms with Gasteiger partial charge in [0.05, 0.1) is 0 Å². The molecule has 0 fully saturated rings. The summed E-state index contributed by atoms with van der Waals surface area (Å²) < 4.78 is 0. The Morgan fingerprint density at radius 1 is 1.06 bits per heavy atom. The second-order valence-corrected chi connectivity index (χ2v) is 4.85. The predicted octanol–water partition coefficient (Wildman–Crippen LogP) is 4.95. The van der Waals surface area contributed by atoms with Crippen LogP contribution in [-0.2, 0) is 0 Å². The Balaban J connectivity index is 2.27. The summed E-state index contributed by atoms with van der Waals surface area (Å²) in [5.74, 6) is 0. The van der Waals surface area contributed by atoms with Crippen LogP contribution < -0.4 is 0 Å². The second-order valence-electron chi connectivity index (χ2n) is 4.23. The Labute approximate surface area is 103 Å². The first-order valence-corrected chi connectivity index (χ1v) is 6.50. The minimum Gasteiger partial charge on any atom is -0.171 e. The molecule has 1 unspecified atom stereocenters. The largest absolute Gasteiger partial charge is 0.171 e. The fourth-order valence-electron chi connectivity index (χ4n) is 2.08. The van der Waals surface area contributed by atoms with Gasteiger partial charge in [0.1, 0.15) is 0 Å². The molecule has 0 aliphatic heterocycles. The van der Waals surface area contributed by atoms with Gasteiger partial charge in [0.15, 0.2) is 0 Å². The summed E-state index contributed by atoms with van der Waals surface area (Å²) in [7, 11) is 0. The third kappa shape index (κ3) is 2.41.